The molecule has 3 N–H and O–H groups in total. The number of nitrogens with two attached hydrogens (primary N) is 1. The number of fused-ring (bicyclic) bond motifs is 1. The van der Waals surface area contributed by atoms with Crippen molar-refractivity contribution < 1.29 is 0 Å². The van der Waals surface area contributed by atoms with Crippen LogP contribution in [0.4, 0.5) is 5.82 Å². The van der Waals surface area contributed by atoms with Gasteiger partial charge in [-0.3, -0.25) is 5.10 Å². The predicted octanol–water partition coefficient (Wildman–Crippen LogP) is 1.30. The number of rotatable bonds is 0. The molecule has 11 heavy (non-hydrogen) atoms. The summed E-state index contributed by atoms with van der Waals surface area (Å²) in [4.78, 5) is 3.93. The lowest BCUT2D eigenvalue weighted by Crippen LogP contribution is -1.88. The third-order valence-electron chi connectivity index (χ3n) is 1.46. The third-order valence-corrected chi connectivity index (χ3v) is 2.03. The number of nitrogens with one attached hydrogen (secondary N) is 1. The lowest BCUT2D eigenvalue weighted by atomic mass is 10.3. The van der Waals surface area contributed by atoms with Crippen molar-refractivity contribution in [3.63, 3.8) is 0 Å². The molecule has 0 bridgehead atoms. The van der Waals surface area contributed by atoms with Crippen LogP contribution < -0.4 is 5.73 Å². The number of hydrogen-bond acceptors (Lipinski definition) is 3. The van der Waals surface area contributed by atoms with E-state index in [4.69, 9.17) is 5.73 Å². The zero-order chi connectivity index (χ0) is 7.84. The maximum atomic E-state index is 5.60. The number of halogens is 1. The van der Waals surface area contributed by atoms with Crippen LogP contribution in [0.15, 0.2) is 16.9 Å². The molecule has 5 heteroatoms. The Morgan fingerprint density at radius 3 is 3.09 bits per heavy atom. The first-order valence-electron chi connectivity index (χ1n) is 3.03. The topological polar surface area (TPSA) is 67.6 Å². The van der Waals surface area contributed by atoms with Crippen molar-refractivity contribution in [1.29, 1.82) is 0 Å². The average molecular weight is 213 g/mol. The number of anilines is 1. The Balaban J connectivity index is 2.96. The number of aromatic nitrogens is 3. The number of pyridine rings is 1. The molecule has 2 heterocycles. The highest BCUT2D eigenvalue weighted by atomic mass is 79.9. The van der Waals surface area contributed by atoms with E-state index >= 15 is 0 Å². The lowest BCUT2D eigenvalue weighted by molar-refractivity contribution is 1.10. The van der Waals surface area contributed by atoms with Crippen LogP contribution in [0.5, 0.6) is 0 Å². The molecule has 0 aliphatic carbocycles. The summed E-state index contributed by atoms with van der Waals surface area (Å²) in [6, 6.07) is 1.82. The molecule has 0 saturated heterocycles. The molecule has 0 aromatic carbocycles. The van der Waals surface area contributed by atoms with Crippen LogP contribution in [-0.4, -0.2) is 15.2 Å². The molecule has 0 amide bonds. The summed E-state index contributed by atoms with van der Waals surface area (Å²) >= 11 is 3.26. The van der Waals surface area contributed by atoms with Gasteiger partial charge in [0.25, 0.3) is 0 Å². The van der Waals surface area contributed by atoms with Gasteiger partial charge in [-0.1, -0.05) is 0 Å². The van der Waals surface area contributed by atoms with Crippen LogP contribution in [-0.2, 0) is 0 Å². The standard InChI is InChI=1S/C6H5BrN4/c7-5-4-3(10-11-5)1-2-9-6(4)8/h1-2H,(H2,8,9)(H,10,11). The van der Waals surface area contributed by atoms with Gasteiger partial charge in [-0.25, -0.2) is 4.98 Å². The van der Waals surface area contributed by atoms with Gasteiger partial charge in [-0.05, 0) is 22.0 Å². The first kappa shape index (κ1) is 6.60. The smallest absolute Gasteiger partial charge is 0.139 e. The van der Waals surface area contributed by atoms with E-state index in [1.807, 2.05) is 6.07 Å². The van der Waals surface area contributed by atoms with Crippen LogP contribution in [0.25, 0.3) is 10.9 Å². The summed E-state index contributed by atoms with van der Waals surface area (Å²) in [5, 5.41) is 7.58. The van der Waals surface area contributed by atoms with Gasteiger partial charge in [0.05, 0.1) is 10.9 Å². The van der Waals surface area contributed by atoms with Crippen molar-refractivity contribution in [2.75, 3.05) is 5.73 Å². The van der Waals surface area contributed by atoms with Crippen LogP contribution >= 0.6 is 15.9 Å². The van der Waals surface area contributed by atoms with Gasteiger partial charge in [-0.15, -0.1) is 0 Å². The highest BCUT2D eigenvalue weighted by molar-refractivity contribution is 9.10. The molecular formula is C6H5BrN4. The van der Waals surface area contributed by atoms with E-state index in [9.17, 15) is 0 Å². The van der Waals surface area contributed by atoms with Crippen molar-refractivity contribution in [2.45, 2.75) is 0 Å². The van der Waals surface area contributed by atoms with E-state index in [0.717, 1.165) is 10.9 Å². The Morgan fingerprint density at radius 1 is 1.55 bits per heavy atom. The van der Waals surface area contributed by atoms with Gasteiger partial charge in [-0.2, -0.15) is 5.10 Å². The molecule has 0 aliphatic heterocycles. The quantitative estimate of drug-likeness (QED) is 0.692. The van der Waals surface area contributed by atoms with E-state index in [0.29, 0.717) is 10.4 Å². The lowest BCUT2D eigenvalue weighted by Gasteiger charge is -1.91. The predicted molar refractivity (Wildman–Crippen MR) is 46.0 cm³/mol. The van der Waals surface area contributed by atoms with Crippen LogP contribution in [0, 0.1) is 0 Å². The second kappa shape index (κ2) is 2.20. The number of nitrogen functional groups attached to an aromatic ring is 1. The maximum Gasteiger partial charge on any atom is 0.139 e. The SMILES string of the molecule is Nc1nccc2[nH]nc(Br)c12. The van der Waals surface area contributed by atoms with Crippen LogP contribution in [0.1, 0.15) is 0 Å². The van der Waals surface area contributed by atoms with E-state index < -0.39 is 0 Å². The number of aromatic amines is 1. The van der Waals surface area contributed by atoms with E-state index in [1.54, 1.807) is 6.20 Å². The van der Waals surface area contributed by atoms with Gasteiger partial charge in [0.15, 0.2) is 0 Å². The van der Waals surface area contributed by atoms with Crippen molar-refractivity contribution in [3.8, 4) is 0 Å². The van der Waals surface area contributed by atoms with Crippen molar-refractivity contribution in [2.24, 2.45) is 0 Å². The second-order valence-electron chi connectivity index (χ2n) is 2.13. The van der Waals surface area contributed by atoms with Crippen LogP contribution in [0.3, 0.4) is 0 Å². The van der Waals surface area contributed by atoms with Gasteiger partial charge in [0.2, 0.25) is 0 Å². The number of H-pyrrole nitrogens is 1. The molecule has 0 fully saturated rings. The first-order chi connectivity index (χ1) is 5.29. The summed E-state index contributed by atoms with van der Waals surface area (Å²) < 4.78 is 0.707. The van der Waals surface area contributed by atoms with Crippen molar-refractivity contribution in [1.82, 2.24) is 15.2 Å². The average Bonchev–Trinajstić information content (AvgIpc) is 2.34. The Morgan fingerprint density at radius 2 is 2.36 bits per heavy atom. The molecule has 2 rings (SSSR count). The summed E-state index contributed by atoms with van der Waals surface area (Å²) in [5.74, 6) is 0.489. The normalized spacial score (nSPS) is 10.6. The Hall–Kier alpha value is -1.10. The summed E-state index contributed by atoms with van der Waals surface area (Å²) in [6.07, 6.45) is 1.64. The largest absolute Gasteiger partial charge is 0.383 e. The van der Waals surface area contributed by atoms with E-state index in [-0.39, 0.29) is 0 Å². The van der Waals surface area contributed by atoms with E-state index in [2.05, 4.69) is 31.1 Å². The molecule has 0 spiro atoms. The minimum absolute atomic E-state index is 0.489. The highest BCUT2D eigenvalue weighted by Gasteiger charge is 2.05. The van der Waals surface area contributed by atoms with Crippen molar-refractivity contribution >= 4 is 32.7 Å². The monoisotopic (exact) mass is 212 g/mol. The van der Waals surface area contributed by atoms with Gasteiger partial charge >= 0.3 is 0 Å². The molecule has 2 aromatic rings. The molecule has 0 unspecified atom stereocenters. The zero-order valence-electron chi connectivity index (χ0n) is 5.50. The third kappa shape index (κ3) is 0.883. The fourth-order valence-corrected chi connectivity index (χ4v) is 1.46. The summed E-state index contributed by atoms with van der Waals surface area (Å²) in [5.41, 5.74) is 6.49. The molecule has 56 valence electrons. The molecule has 2 aromatic heterocycles. The molecular weight excluding hydrogens is 208 g/mol. The fraction of sp³-hybridized carbons (Fsp3) is 0. The summed E-state index contributed by atoms with van der Waals surface area (Å²) in [7, 11) is 0. The van der Waals surface area contributed by atoms with Gasteiger partial charge < -0.3 is 5.73 Å². The minimum Gasteiger partial charge on any atom is -0.383 e. The maximum absolute atomic E-state index is 5.60. The second-order valence-corrected chi connectivity index (χ2v) is 2.88. The highest BCUT2D eigenvalue weighted by Crippen LogP contribution is 2.23. The molecule has 0 aliphatic rings. The van der Waals surface area contributed by atoms with Gasteiger partial charge in [0.1, 0.15) is 10.4 Å². The molecule has 0 saturated carbocycles. The minimum atomic E-state index is 0.489. The molecule has 4 nitrogen and oxygen atoms in total. The number of nitrogens with zero attached hydrogens (tertiary/aromatic N) is 2. The zero-order valence-corrected chi connectivity index (χ0v) is 7.09. The summed E-state index contributed by atoms with van der Waals surface area (Å²) in [6.45, 7) is 0. The molecule has 0 radical (unpaired) electrons. The Bertz CT molecular complexity index is 394. The Labute approximate surface area is 70.9 Å². The van der Waals surface area contributed by atoms with Gasteiger partial charge in [0, 0.05) is 6.20 Å². The number of hydrogen-bond donors (Lipinski definition) is 2. The van der Waals surface area contributed by atoms with E-state index in [1.165, 1.54) is 0 Å². The molecule has 0 atom stereocenters. The van der Waals surface area contributed by atoms with Crippen LogP contribution in [0.2, 0.25) is 0 Å². The Kier molecular flexibility index (Phi) is 1.32. The van der Waals surface area contributed by atoms with Crippen molar-refractivity contribution in [3.05, 3.63) is 16.9 Å². The first-order valence-corrected chi connectivity index (χ1v) is 3.82. The fourth-order valence-electron chi connectivity index (χ4n) is 0.953.